The smallest absolute Gasteiger partial charge is 0.282 e. The number of fused-ring (bicyclic) bond motifs is 1. The van der Waals surface area contributed by atoms with Gasteiger partial charge in [-0.05, 0) is 56.7 Å². The predicted octanol–water partition coefficient (Wildman–Crippen LogP) is 4.69. The molecule has 2 aliphatic heterocycles. The van der Waals surface area contributed by atoms with E-state index in [1.165, 1.54) is 10.6 Å². The van der Waals surface area contributed by atoms with Gasteiger partial charge in [0.05, 0.1) is 25.4 Å². The van der Waals surface area contributed by atoms with E-state index in [0.29, 0.717) is 54.9 Å². The van der Waals surface area contributed by atoms with Crippen molar-refractivity contribution in [1.29, 1.82) is 5.41 Å². The summed E-state index contributed by atoms with van der Waals surface area (Å²) in [5.74, 6) is 2.34. The number of aryl methyl sites for hydroxylation is 1. The Balaban J connectivity index is 1.40. The first-order valence-electron chi connectivity index (χ1n) is 11.1. The molecule has 34 heavy (non-hydrogen) atoms. The van der Waals surface area contributed by atoms with Crippen molar-refractivity contribution in [2.75, 3.05) is 19.8 Å². The molecule has 0 spiro atoms. The van der Waals surface area contributed by atoms with Gasteiger partial charge in [0.15, 0.2) is 23.2 Å². The van der Waals surface area contributed by atoms with E-state index >= 15 is 0 Å². The van der Waals surface area contributed by atoms with Crippen LogP contribution < -0.4 is 14.2 Å². The average Bonchev–Trinajstić information content (AvgIpc) is 3.19. The average molecular weight is 462 g/mol. The Bertz CT molecular complexity index is 1180. The van der Waals surface area contributed by atoms with Gasteiger partial charge in [-0.15, -0.1) is 5.06 Å². The third kappa shape index (κ3) is 5.28. The first-order valence-corrected chi connectivity index (χ1v) is 11.1. The number of carbonyl (C=O) groups is 1. The number of carbonyl (C=O) groups excluding carboxylic acids is 1. The zero-order chi connectivity index (χ0) is 24.1. The molecule has 0 atom stereocenters. The summed E-state index contributed by atoms with van der Waals surface area (Å²) in [4.78, 5) is 22.0. The molecule has 0 aromatic heterocycles. The van der Waals surface area contributed by atoms with Gasteiger partial charge in [0.2, 0.25) is 0 Å². The highest BCUT2D eigenvalue weighted by Gasteiger charge is 2.34. The summed E-state index contributed by atoms with van der Waals surface area (Å²) in [7, 11) is 0. The molecule has 0 saturated carbocycles. The van der Waals surface area contributed by atoms with Crippen molar-refractivity contribution in [3.05, 3.63) is 71.0 Å². The molecule has 0 unspecified atom stereocenters. The minimum atomic E-state index is -0.488. The molecular weight excluding hydrogens is 434 g/mol. The quantitative estimate of drug-likeness (QED) is 0.430. The summed E-state index contributed by atoms with van der Waals surface area (Å²) in [6, 6.07) is 13.3. The van der Waals surface area contributed by atoms with Crippen LogP contribution in [0, 0.1) is 12.3 Å². The van der Waals surface area contributed by atoms with Crippen LogP contribution in [0.1, 0.15) is 31.4 Å². The second kappa shape index (κ2) is 10.2. The maximum absolute atomic E-state index is 12.5. The highest BCUT2D eigenvalue weighted by Crippen LogP contribution is 2.31. The minimum absolute atomic E-state index is 0.0602. The number of hydrogen-bond acceptors (Lipinski definition) is 6. The first-order chi connectivity index (χ1) is 16.4. The molecule has 2 aromatic carbocycles. The normalized spacial score (nSPS) is 16.1. The van der Waals surface area contributed by atoms with Crippen LogP contribution in [-0.2, 0) is 9.63 Å². The fraction of sp³-hybridized carbons (Fsp3) is 0.269. The van der Waals surface area contributed by atoms with Gasteiger partial charge in [0.25, 0.3) is 5.91 Å². The van der Waals surface area contributed by atoms with Gasteiger partial charge in [-0.25, -0.2) is 0 Å². The van der Waals surface area contributed by atoms with Crippen LogP contribution in [0.5, 0.6) is 17.2 Å². The van der Waals surface area contributed by atoms with Crippen molar-refractivity contribution in [1.82, 2.24) is 5.06 Å². The summed E-state index contributed by atoms with van der Waals surface area (Å²) in [5, 5.41) is 9.59. The Hall–Kier alpha value is -4.07. The molecule has 2 heterocycles. The second-order valence-electron chi connectivity index (χ2n) is 7.83. The number of amidine groups is 2. The largest absolute Gasteiger partial charge is 0.493 e. The molecule has 8 nitrogen and oxygen atoms in total. The zero-order valence-electron chi connectivity index (χ0n) is 19.5. The lowest BCUT2D eigenvalue weighted by atomic mass is 10.1. The third-order valence-electron chi connectivity index (χ3n) is 5.09. The number of hydrogen-bond donors (Lipinski definition) is 1. The van der Waals surface area contributed by atoms with E-state index in [9.17, 15) is 4.79 Å². The molecule has 0 saturated heterocycles. The summed E-state index contributed by atoms with van der Waals surface area (Å²) < 4.78 is 17.4. The fourth-order valence-electron chi connectivity index (χ4n) is 3.43. The molecular formula is C26H27N3O5. The second-order valence-corrected chi connectivity index (χ2v) is 7.83. The number of ether oxygens (including phenoxy) is 3. The lowest BCUT2D eigenvalue weighted by Crippen LogP contribution is -2.38. The standard InChI is InChI=1S/C26H27N3O5/c1-4-31-23-16-19(15-21-25(27)29-24(28-26(21)30)14-18(3)34-29)8-11-22(23)33-13-5-12-32-20-9-6-17(2)7-10-20/h6-11,14-16,27H,4-5,12-13H2,1-3H3/b21-15+,27-25?. The lowest BCUT2D eigenvalue weighted by Gasteiger charge is -2.23. The molecule has 0 aliphatic carbocycles. The van der Waals surface area contributed by atoms with Crippen LogP contribution in [0.3, 0.4) is 0 Å². The SMILES string of the molecule is CCOc1cc(/C=C2\C(=N)N3OC(C)=CC3=NC2=O)ccc1OCCCOc1ccc(C)cc1. The van der Waals surface area contributed by atoms with Crippen molar-refractivity contribution >= 4 is 23.7 Å². The summed E-state index contributed by atoms with van der Waals surface area (Å²) in [6.07, 6.45) is 3.93. The highest BCUT2D eigenvalue weighted by molar-refractivity contribution is 6.32. The summed E-state index contributed by atoms with van der Waals surface area (Å²) >= 11 is 0. The number of benzene rings is 2. The topological polar surface area (TPSA) is 93.4 Å². The fourth-order valence-corrected chi connectivity index (χ4v) is 3.43. The number of amides is 1. The van der Waals surface area contributed by atoms with Crippen molar-refractivity contribution in [2.45, 2.75) is 27.2 Å². The Morgan fingerprint density at radius 2 is 1.79 bits per heavy atom. The van der Waals surface area contributed by atoms with Crippen LogP contribution in [0.25, 0.3) is 6.08 Å². The number of allylic oxidation sites excluding steroid dienone is 1. The lowest BCUT2D eigenvalue weighted by molar-refractivity contribution is -0.114. The minimum Gasteiger partial charge on any atom is -0.493 e. The number of nitrogens with zero attached hydrogens (tertiary/aromatic N) is 2. The molecule has 176 valence electrons. The van der Waals surface area contributed by atoms with E-state index in [0.717, 1.165) is 5.75 Å². The maximum atomic E-state index is 12.5. The van der Waals surface area contributed by atoms with Gasteiger partial charge >= 0.3 is 0 Å². The zero-order valence-corrected chi connectivity index (χ0v) is 19.5. The van der Waals surface area contributed by atoms with E-state index in [1.54, 1.807) is 31.2 Å². The number of hydroxylamine groups is 2. The van der Waals surface area contributed by atoms with Gasteiger partial charge in [0.1, 0.15) is 11.5 Å². The number of nitrogens with one attached hydrogen (secondary N) is 1. The number of rotatable bonds is 9. The monoisotopic (exact) mass is 461 g/mol. The Morgan fingerprint density at radius 1 is 1.03 bits per heavy atom. The van der Waals surface area contributed by atoms with Crippen LogP contribution in [-0.4, -0.2) is 42.5 Å². The Morgan fingerprint density at radius 3 is 2.56 bits per heavy atom. The van der Waals surface area contributed by atoms with E-state index in [2.05, 4.69) is 4.99 Å². The van der Waals surface area contributed by atoms with Gasteiger partial charge in [-0.3, -0.25) is 10.2 Å². The van der Waals surface area contributed by atoms with Crippen LogP contribution in [0.2, 0.25) is 0 Å². The third-order valence-corrected chi connectivity index (χ3v) is 5.09. The van der Waals surface area contributed by atoms with E-state index in [1.807, 2.05) is 44.2 Å². The van der Waals surface area contributed by atoms with Crippen molar-refractivity contribution in [3.63, 3.8) is 0 Å². The maximum Gasteiger partial charge on any atom is 0.282 e. The predicted molar refractivity (Wildman–Crippen MR) is 129 cm³/mol. The Labute approximate surface area is 198 Å². The van der Waals surface area contributed by atoms with Gasteiger partial charge in [-0.1, -0.05) is 23.8 Å². The van der Waals surface area contributed by atoms with Gasteiger partial charge in [-0.2, -0.15) is 4.99 Å². The van der Waals surface area contributed by atoms with Gasteiger partial charge < -0.3 is 19.0 Å². The molecule has 2 aromatic rings. The molecule has 0 radical (unpaired) electrons. The molecule has 8 heteroatoms. The van der Waals surface area contributed by atoms with E-state index in [-0.39, 0.29) is 11.4 Å². The highest BCUT2D eigenvalue weighted by atomic mass is 16.7. The number of aliphatic imine (C=N–C) groups is 1. The first kappa shape index (κ1) is 23.1. The van der Waals surface area contributed by atoms with Crippen molar-refractivity contribution in [2.24, 2.45) is 4.99 Å². The molecule has 4 rings (SSSR count). The Kier molecular flexibility index (Phi) is 6.96. The van der Waals surface area contributed by atoms with Crippen molar-refractivity contribution < 1.29 is 23.8 Å². The molecule has 0 fully saturated rings. The summed E-state index contributed by atoms with van der Waals surface area (Å²) in [6.45, 7) is 7.13. The van der Waals surface area contributed by atoms with Gasteiger partial charge in [0, 0.05) is 12.5 Å². The van der Waals surface area contributed by atoms with Crippen LogP contribution >= 0.6 is 0 Å². The van der Waals surface area contributed by atoms with Crippen LogP contribution in [0.15, 0.2) is 64.9 Å². The molecule has 0 bridgehead atoms. The molecule has 2 aliphatic rings. The molecule has 1 amide bonds. The van der Waals surface area contributed by atoms with E-state index in [4.69, 9.17) is 24.5 Å². The van der Waals surface area contributed by atoms with E-state index < -0.39 is 5.91 Å². The summed E-state index contributed by atoms with van der Waals surface area (Å²) in [5.41, 5.74) is 2.02. The molecule has 1 N–H and O–H groups in total. The van der Waals surface area contributed by atoms with Crippen LogP contribution in [0.4, 0.5) is 0 Å². The van der Waals surface area contributed by atoms with Crippen molar-refractivity contribution in [3.8, 4) is 17.2 Å².